The summed E-state index contributed by atoms with van der Waals surface area (Å²) < 4.78 is 0. The molecule has 3 rings (SSSR count). The highest BCUT2D eigenvalue weighted by Crippen LogP contribution is 2.38. The van der Waals surface area contributed by atoms with Crippen LogP contribution in [0.25, 0.3) is 0 Å². The van der Waals surface area contributed by atoms with E-state index < -0.39 is 0 Å². The van der Waals surface area contributed by atoms with Crippen LogP contribution in [0.3, 0.4) is 0 Å². The standard InChI is InChI=1S/C22H33N3O2.ClH/c1-17-9-13-25(14-10-17)21(27)18-5-7-19(8-6-18)24-20(26)15-22(16-23)11-3-2-4-12-22;/h5-8,17H,2-4,9-16,23H2,1H3,(H,24,26);1H. The van der Waals surface area contributed by atoms with Crippen LogP contribution in [0, 0.1) is 11.3 Å². The third-order valence-electron chi connectivity index (χ3n) is 6.37. The zero-order valence-corrected chi connectivity index (χ0v) is 17.7. The summed E-state index contributed by atoms with van der Waals surface area (Å²) in [5.74, 6) is 0.808. The monoisotopic (exact) mass is 407 g/mol. The number of nitrogens with one attached hydrogen (secondary N) is 1. The van der Waals surface area contributed by atoms with Crippen LogP contribution in [0.2, 0.25) is 0 Å². The number of hydrogen-bond donors (Lipinski definition) is 2. The van der Waals surface area contributed by atoms with Gasteiger partial charge in [-0.1, -0.05) is 26.2 Å². The van der Waals surface area contributed by atoms with E-state index in [2.05, 4.69) is 12.2 Å². The Morgan fingerprint density at radius 2 is 1.71 bits per heavy atom. The number of piperidine rings is 1. The first-order valence-corrected chi connectivity index (χ1v) is 10.4. The van der Waals surface area contributed by atoms with E-state index in [9.17, 15) is 9.59 Å². The van der Waals surface area contributed by atoms with Gasteiger partial charge < -0.3 is 16.0 Å². The van der Waals surface area contributed by atoms with Crippen molar-refractivity contribution in [1.82, 2.24) is 4.90 Å². The third kappa shape index (κ3) is 5.71. The number of rotatable bonds is 5. The lowest BCUT2D eigenvalue weighted by Crippen LogP contribution is -2.37. The van der Waals surface area contributed by atoms with Gasteiger partial charge in [0.15, 0.2) is 0 Å². The fraction of sp³-hybridized carbons (Fsp3) is 0.636. The Balaban J connectivity index is 0.00000280. The van der Waals surface area contributed by atoms with Gasteiger partial charge in [-0.15, -0.1) is 12.4 Å². The molecular weight excluding hydrogens is 374 g/mol. The zero-order valence-electron chi connectivity index (χ0n) is 16.9. The van der Waals surface area contributed by atoms with Crippen molar-refractivity contribution in [2.45, 2.75) is 58.3 Å². The molecule has 1 aliphatic heterocycles. The summed E-state index contributed by atoms with van der Waals surface area (Å²) in [5, 5.41) is 2.98. The number of halogens is 1. The van der Waals surface area contributed by atoms with Gasteiger partial charge in [-0.25, -0.2) is 0 Å². The van der Waals surface area contributed by atoms with Crippen LogP contribution in [-0.4, -0.2) is 36.3 Å². The van der Waals surface area contributed by atoms with Gasteiger partial charge in [-0.3, -0.25) is 9.59 Å². The van der Waals surface area contributed by atoms with Crippen LogP contribution >= 0.6 is 12.4 Å². The molecule has 2 aliphatic rings. The normalized spacial score (nSPS) is 19.6. The Morgan fingerprint density at radius 3 is 2.29 bits per heavy atom. The fourth-order valence-electron chi connectivity index (χ4n) is 4.39. The third-order valence-corrected chi connectivity index (χ3v) is 6.37. The highest BCUT2D eigenvalue weighted by Gasteiger charge is 2.33. The molecule has 6 heteroatoms. The molecule has 0 unspecified atom stereocenters. The van der Waals surface area contributed by atoms with Crippen molar-refractivity contribution < 1.29 is 9.59 Å². The molecule has 1 aromatic carbocycles. The molecule has 0 atom stereocenters. The van der Waals surface area contributed by atoms with Crippen molar-refractivity contribution in [2.24, 2.45) is 17.1 Å². The Labute approximate surface area is 174 Å². The molecule has 5 nitrogen and oxygen atoms in total. The molecule has 1 saturated heterocycles. The fourth-order valence-corrected chi connectivity index (χ4v) is 4.39. The first-order chi connectivity index (χ1) is 13.0. The number of carbonyl (C=O) groups excluding carboxylic acids is 2. The van der Waals surface area contributed by atoms with Crippen molar-refractivity contribution in [2.75, 3.05) is 25.0 Å². The van der Waals surface area contributed by atoms with E-state index in [4.69, 9.17) is 5.73 Å². The zero-order chi connectivity index (χ0) is 19.3. The first-order valence-electron chi connectivity index (χ1n) is 10.4. The van der Waals surface area contributed by atoms with Crippen LogP contribution < -0.4 is 11.1 Å². The van der Waals surface area contributed by atoms with Crippen molar-refractivity contribution in [1.29, 1.82) is 0 Å². The minimum atomic E-state index is -0.0381. The second kappa shape index (κ2) is 10.3. The number of amides is 2. The topological polar surface area (TPSA) is 75.4 Å². The number of anilines is 1. The van der Waals surface area contributed by atoms with Gasteiger partial charge in [0.25, 0.3) is 5.91 Å². The minimum absolute atomic E-state index is 0. The van der Waals surface area contributed by atoms with Gasteiger partial charge in [0.2, 0.25) is 5.91 Å². The van der Waals surface area contributed by atoms with Crippen LogP contribution in [-0.2, 0) is 4.79 Å². The SMILES string of the molecule is CC1CCN(C(=O)c2ccc(NC(=O)CC3(CN)CCCCC3)cc2)CC1.Cl. The van der Waals surface area contributed by atoms with Gasteiger partial charge in [-0.2, -0.15) is 0 Å². The van der Waals surface area contributed by atoms with Crippen LogP contribution in [0.5, 0.6) is 0 Å². The van der Waals surface area contributed by atoms with Gasteiger partial charge in [0.1, 0.15) is 0 Å². The van der Waals surface area contributed by atoms with E-state index in [1.54, 1.807) is 0 Å². The molecule has 0 spiro atoms. The number of nitrogens with zero attached hydrogens (tertiary/aromatic N) is 1. The summed E-state index contributed by atoms with van der Waals surface area (Å²) in [5.41, 5.74) is 7.38. The van der Waals surface area contributed by atoms with E-state index in [0.29, 0.717) is 24.4 Å². The van der Waals surface area contributed by atoms with Gasteiger partial charge >= 0.3 is 0 Å². The maximum absolute atomic E-state index is 12.6. The summed E-state index contributed by atoms with van der Waals surface area (Å²) in [6, 6.07) is 7.28. The summed E-state index contributed by atoms with van der Waals surface area (Å²) in [6.07, 6.45) is 8.28. The molecule has 2 amide bonds. The van der Waals surface area contributed by atoms with Crippen LogP contribution in [0.1, 0.15) is 68.6 Å². The van der Waals surface area contributed by atoms with Gasteiger partial charge in [0, 0.05) is 30.8 Å². The van der Waals surface area contributed by atoms with E-state index in [1.807, 2.05) is 29.2 Å². The number of likely N-dealkylation sites (tertiary alicyclic amines) is 1. The Morgan fingerprint density at radius 1 is 1.11 bits per heavy atom. The number of carbonyl (C=O) groups is 2. The lowest BCUT2D eigenvalue weighted by atomic mass is 9.71. The first kappa shape index (κ1) is 22.7. The molecule has 1 aromatic rings. The predicted octanol–water partition coefficient (Wildman–Crippen LogP) is 4.22. The van der Waals surface area contributed by atoms with Gasteiger partial charge in [-0.05, 0) is 67.8 Å². The average molecular weight is 408 g/mol. The summed E-state index contributed by atoms with van der Waals surface area (Å²) in [4.78, 5) is 27.0. The summed E-state index contributed by atoms with van der Waals surface area (Å²) >= 11 is 0. The molecule has 0 bridgehead atoms. The average Bonchev–Trinajstić information content (AvgIpc) is 2.69. The van der Waals surface area contributed by atoms with E-state index >= 15 is 0 Å². The van der Waals surface area contributed by atoms with Crippen molar-refractivity contribution in [3.63, 3.8) is 0 Å². The highest BCUT2D eigenvalue weighted by atomic mass is 35.5. The molecule has 0 radical (unpaired) electrons. The largest absolute Gasteiger partial charge is 0.339 e. The summed E-state index contributed by atoms with van der Waals surface area (Å²) in [6.45, 7) is 4.48. The smallest absolute Gasteiger partial charge is 0.253 e. The maximum Gasteiger partial charge on any atom is 0.253 e. The van der Waals surface area contributed by atoms with Crippen LogP contribution in [0.4, 0.5) is 5.69 Å². The summed E-state index contributed by atoms with van der Waals surface area (Å²) in [7, 11) is 0. The van der Waals surface area contributed by atoms with E-state index in [0.717, 1.165) is 57.3 Å². The quantitative estimate of drug-likeness (QED) is 0.767. The van der Waals surface area contributed by atoms with Crippen molar-refractivity contribution in [3.8, 4) is 0 Å². The molecule has 1 aliphatic carbocycles. The molecule has 3 N–H and O–H groups in total. The lowest BCUT2D eigenvalue weighted by molar-refractivity contribution is -0.118. The molecule has 28 heavy (non-hydrogen) atoms. The lowest BCUT2D eigenvalue weighted by Gasteiger charge is -2.35. The van der Waals surface area contributed by atoms with E-state index in [-0.39, 0.29) is 29.6 Å². The van der Waals surface area contributed by atoms with Crippen LogP contribution in [0.15, 0.2) is 24.3 Å². The predicted molar refractivity (Wildman–Crippen MR) is 116 cm³/mol. The number of nitrogens with two attached hydrogens (primary N) is 1. The molecule has 1 heterocycles. The molecule has 0 aromatic heterocycles. The Bertz CT molecular complexity index is 648. The second-order valence-corrected chi connectivity index (χ2v) is 8.54. The van der Waals surface area contributed by atoms with E-state index in [1.165, 1.54) is 6.42 Å². The molecular formula is C22H34ClN3O2. The van der Waals surface area contributed by atoms with Gasteiger partial charge in [0.05, 0.1) is 0 Å². The number of hydrogen-bond acceptors (Lipinski definition) is 3. The minimum Gasteiger partial charge on any atom is -0.339 e. The highest BCUT2D eigenvalue weighted by molar-refractivity contribution is 5.96. The molecule has 2 fully saturated rings. The second-order valence-electron chi connectivity index (χ2n) is 8.54. The van der Waals surface area contributed by atoms with Crippen molar-refractivity contribution in [3.05, 3.63) is 29.8 Å². The Hall–Kier alpha value is -1.59. The number of benzene rings is 1. The van der Waals surface area contributed by atoms with Crippen molar-refractivity contribution >= 4 is 29.9 Å². The maximum atomic E-state index is 12.6. The molecule has 156 valence electrons. The molecule has 1 saturated carbocycles. The Kier molecular flexibility index (Phi) is 8.32.